The summed E-state index contributed by atoms with van der Waals surface area (Å²) in [7, 11) is 2.83. The second-order valence-electron chi connectivity index (χ2n) is 4.35. The monoisotopic (exact) mass is 310 g/mol. The minimum absolute atomic E-state index is 0.0982. The zero-order valence-corrected chi connectivity index (χ0v) is 12.4. The lowest BCUT2D eigenvalue weighted by Crippen LogP contribution is -2.18. The van der Waals surface area contributed by atoms with Crippen molar-refractivity contribution in [2.75, 3.05) is 14.2 Å². The normalized spacial score (nSPS) is 12.0. The fourth-order valence-corrected chi connectivity index (χ4v) is 2.15. The number of aromatic amines is 1. The van der Waals surface area contributed by atoms with Crippen molar-refractivity contribution in [1.82, 2.24) is 9.78 Å². The second-order valence-corrected chi connectivity index (χ2v) is 4.88. The van der Waals surface area contributed by atoms with Gasteiger partial charge < -0.3 is 9.47 Å². The van der Waals surface area contributed by atoms with Crippen molar-refractivity contribution in [2.24, 2.45) is 0 Å². The van der Waals surface area contributed by atoms with Crippen molar-refractivity contribution in [3.63, 3.8) is 0 Å². The van der Waals surface area contributed by atoms with Crippen LogP contribution in [0.1, 0.15) is 21.4 Å². The smallest absolute Gasteiger partial charge is 0.356 e. The van der Waals surface area contributed by atoms with Gasteiger partial charge in [-0.05, 0) is 17.7 Å². The molecule has 2 rings (SSSR count). The number of halogens is 1. The molecule has 6 nitrogen and oxygen atoms in total. The molecule has 112 valence electrons. The van der Waals surface area contributed by atoms with E-state index in [1.165, 1.54) is 17.9 Å². The van der Waals surface area contributed by atoms with Gasteiger partial charge in [-0.25, -0.2) is 4.79 Å². The van der Waals surface area contributed by atoms with E-state index in [1.807, 2.05) is 12.1 Å². The van der Waals surface area contributed by atoms with Gasteiger partial charge in [-0.15, -0.1) is 11.6 Å². The number of esters is 1. The van der Waals surface area contributed by atoms with Gasteiger partial charge in [-0.1, -0.05) is 12.1 Å². The molecule has 1 unspecified atom stereocenters. The molecule has 0 aliphatic heterocycles. The summed E-state index contributed by atoms with van der Waals surface area (Å²) in [6.45, 7) is 0.212. The van der Waals surface area contributed by atoms with Crippen molar-refractivity contribution >= 4 is 17.6 Å². The number of nitrogens with zero attached hydrogens (tertiary/aromatic N) is 1. The molecule has 0 fully saturated rings. The molecule has 0 spiro atoms. The van der Waals surface area contributed by atoms with Gasteiger partial charge >= 0.3 is 5.97 Å². The van der Waals surface area contributed by atoms with Gasteiger partial charge in [0.2, 0.25) is 0 Å². The van der Waals surface area contributed by atoms with Crippen LogP contribution in [0.5, 0.6) is 5.75 Å². The summed E-state index contributed by atoms with van der Waals surface area (Å²) in [4.78, 5) is 23.1. The number of aromatic nitrogens is 2. The third-order valence-corrected chi connectivity index (χ3v) is 3.40. The van der Waals surface area contributed by atoms with Crippen molar-refractivity contribution in [1.29, 1.82) is 0 Å². The van der Waals surface area contributed by atoms with E-state index in [4.69, 9.17) is 16.3 Å². The summed E-state index contributed by atoms with van der Waals surface area (Å²) in [5.74, 6) is 0.133. The van der Waals surface area contributed by atoms with Crippen LogP contribution in [0.4, 0.5) is 0 Å². The Kier molecular flexibility index (Phi) is 4.70. The summed E-state index contributed by atoms with van der Waals surface area (Å²) in [5.41, 5.74) is 0.606. The number of H-pyrrole nitrogens is 1. The molecule has 1 heterocycles. The molecule has 0 amide bonds. The zero-order chi connectivity index (χ0) is 15.4. The fourth-order valence-electron chi connectivity index (χ4n) is 1.86. The first-order valence-corrected chi connectivity index (χ1v) is 6.65. The number of ether oxygens (including phenoxy) is 2. The molecule has 7 heteroatoms. The summed E-state index contributed by atoms with van der Waals surface area (Å²) >= 11 is 6.29. The minimum atomic E-state index is -0.596. The van der Waals surface area contributed by atoms with Gasteiger partial charge in [0.15, 0.2) is 0 Å². The average Bonchev–Trinajstić information content (AvgIpc) is 2.87. The van der Waals surface area contributed by atoms with Crippen molar-refractivity contribution < 1.29 is 14.3 Å². The molecular weight excluding hydrogens is 296 g/mol. The quantitative estimate of drug-likeness (QED) is 0.676. The molecule has 2 aromatic rings. The van der Waals surface area contributed by atoms with E-state index in [-0.39, 0.29) is 17.8 Å². The summed E-state index contributed by atoms with van der Waals surface area (Å²) in [6.07, 6.45) is 0. The Morgan fingerprint density at radius 3 is 2.57 bits per heavy atom. The van der Waals surface area contributed by atoms with Gasteiger partial charge in [-0.2, -0.15) is 0 Å². The van der Waals surface area contributed by atoms with Crippen LogP contribution >= 0.6 is 11.6 Å². The van der Waals surface area contributed by atoms with E-state index in [9.17, 15) is 9.59 Å². The first kappa shape index (κ1) is 15.2. The van der Waals surface area contributed by atoms with Gasteiger partial charge in [0.1, 0.15) is 11.4 Å². The lowest BCUT2D eigenvalue weighted by Gasteiger charge is -2.11. The third-order valence-electron chi connectivity index (χ3n) is 3.01. The van der Waals surface area contributed by atoms with E-state index in [2.05, 4.69) is 9.84 Å². The van der Waals surface area contributed by atoms with Gasteiger partial charge in [-0.3, -0.25) is 14.6 Å². The van der Waals surface area contributed by atoms with Gasteiger partial charge in [0.05, 0.1) is 26.1 Å². The molecule has 1 aromatic heterocycles. The van der Waals surface area contributed by atoms with Crippen molar-refractivity contribution in [3.8, 4) is 5.75 Å². The van der Waals surface area contributed by atoms with Crippen molar-refractivity contribution in [3.05, 3.63) is 51.9 Å². The molecule has 1 N–H and O–H groups in total. The topological polar surface area (TPSA) is 73.3 Å². The standard InChI is InChI=1S/C14H15ClN2O4/c1-20-10-5-3-9(4-6-10)11(15)8-17-13(18)7-12(16-17)14(19)21-2/h3-7,11,16H,8H2,1-2H3. The van der Waals surface area contributed by atoms with Crippen LogP contribution in [0.25, 0.3) is 0 Å². The molecule has 21 heavy (non-hydrogen) atoms. The molecule has 0 aliphatic carbocycles. The Balaban J connectivity index is 2.15. The second kappa shape index (κ2) is 6.49. The largest absolute Gasteiger partial charge is 0.497 e. The van der Waals surface area contributed by atoms with Crippen LogP contribution in [-0.4, -0.2) is 30.0 Å². The highest BCUT2D eigenvalue weighted by Gasteiger charge is 2.15. The molecule has 0 saturated heterocycles. The number of carbonyl (C=O) groups is 1. The van der Waals surface area contributed by atoms with E-state index >= 15 is 0 Å². The van der Waals surface area contributed by atoms with Crippen LogP contribution in [0.15, 0.2) is 35.1 Å². The summed E-state index contributed by atoms with van der Waals surface area (Å²) < 4.78 is 10.9. The Labute approximate surface area is 126 Å². The SMILES string of the molecule is COC(=O)c1cc(=O)n(CC(Cl)c2ccc(OC)cc2)[nH]1. The number of hydrogen-bond donors (Lipinski definition) is 1. The van der Waals surface area contributed by atoms with E-state index in [0.717, 1.165) is 11.3 Å². The first-order chi connectivity index (χ1) is 10.0. The fraction of sp³-hybridized carbons (Fsp3) is 0.286. The number of methoxy groups -OCH3 is 2. The highest BCUT2D eigenvalue weighted by molar-refractivity contribution is 6.20. The Morgan fingerprint density at radius 1 is 1.33 bits per heavy atom. The van der Waals surface area contributed by atoms with Crippen LogP contribution in [0, 0.1) is 0 Å². The Hall–Kier alpha value is -2.21. The Morgan fingerprint density at radius 2 is 2.00 bits per heavy atom. The Bertz CT molecular complexity index is 675. The van der Waals surface area contributed by atoms with Crippen LogP contribution in [0.2, 0.25) is 0 Å². The number of alkyl halides is 1. The van der Waals surface area contributed by atoms with E-state index in [1.54, 1.807) is 19.2 Å². The van der Waals surface area contributed by atoms with Gasteiger partial charge in [0, 0.05) is 6.07 Å². The number of nitrogens with one attached hydrogen (secondary N) is 1. The number of hydrogen-bond acceptors (Lipinski definition) is 4. The van der Waals surface area contributed by atoms with E-state index < -0.39 is 11.3 Å². The highest BCUT2D eigenvalue weighted by Crippen LogP contribution is 2.24. The summed E-state index contributed by atoms with van der Waals surface area (Å²) in [6, 6.07) is 8.42. The lowest BCUT2D eigenvalue weighted by molar-refractivity contribution is 0.0593. The third kappa shape index (κ3) is 3.46. The maximum Gasteiger partial charge on any atom is 0.356 e. The lowest BCUT2D eigenvalue weighted by atomic mass is 10.1. The molecule has 0 radical (unpaired) electrons. The number of benzene rings is 1. The molecule has 0 bridgehead atoms. The maximum absolute atomic E-state index is 11.8. The van der Waals surface area contributed by atoms with Crippen LogP contribution in [-0.2, 0) is 11.3 Å². The average molecular weight is 311 g/mol. The summed E-state index contributed by atoms with van der Waals surface area (Å²) in [5, 5.41) is 2.26. The van der Waals surface area contributed by atoms with Gasteiger partial charge in [0.25, 0.3) is 5.56 Å². The molecule has 1 atom stereocenters. The maximum atomic E-state index is 11.8. The van der Waals surface area contributed by atoms with Crippen LogP contribution in [0.3, 0.4) is 0 Å². The van der Waals surface area contributed by atoms with Crippen molar-refractivity contribution in [2.45, 2.75) is 11.9 Å². The van der Waals surface area contributed by atoms with E-state index in [0.29, 0.717) is 0 Å². The molecule has 0 saturated carbocycles. The molecular formula is C14H15ClN2O4. The first-order valence-electron chi connectivity index (χ1n) is 6.21. The minimum Gasteiger partial charge on any atom is -0.497 e. The predicted molar refractivity (Wildman–Crippen MR) is 78.0 cm³/mol. The number of rotatable bonds is 5. The molecule has 1 aromatic carbocycles. The highest BCUT2D eigenvalue weighted by atomic mass is 35.5. The van der Waals surface area contributed by atoms with Crippen LogP contribution < -0.4 is 10.3 Å². The molecule has 0 aliphatic rings. The zero-order valence-electron chi connectivity index (χ0n) is 11.6. The number of carbonyl (C=O) groups excluding carboxylic acids is 1. The predicted octanol–water partition coefficient (Wildman–Crippen LogP) is 1.95.